The number of hydrogen-bond acceptors (Lipinski definition) is 7. The van der Waals surface area contributed by atoms with Crippen molar-refractivity contribution in [3.63, 3.8) is 0 Å². The van der Waals surface area contributed by atoms with Crippen LogP contribution in [0.3, 0.4) is 0 Å². The van der Waals surface area contributed by atoms with Crippen molar-refractivity contribution >= 4 is 50.2 Å². The number of carbonyl (C=O) groups is 1. The number of aryl methyl sites for hydroxylation is 1. The van der Waals surface area contributed by atoms with E-state index in [1.54, 1.807) is 11.3 Å². The van der Waals surface area contributed by atoms with Gasteiger partial charge in [-0.15, -0.1) is 0 Å². The maximum atomic E-state index is 12.3. The van der Waals surface area contributed by atoms with E-state index in [2.05, 4.69) is 25.2 Å². The number of thioether (sulfide) groups is 1. The van der Waals surface area contributed by atoms with Crippen LogP contribution in [0.1, 0.15) is 24.8 Å². The zero-order chi connectivity index (χ0) is 18.6. The Labute approximate surface area is 166 Å². The number of anilines is 2. The Bertz CT molecular complexity index is 952. The molecule has 6 nitrogen and oxygen atoms in total. The number of rotatable bonds is 5. The molecular formula is C19H21N5OS2. The maximum Gasteiger partial charge on any atom is 0.234 e. The zero-order valence-electron chi connectivity index (χ0n) is 15.1. The van der Waals surface area contributed by atoms with Gasteiger partial charge in [0.1, 0.15) is 16.1 Å². The maximum absolute atomic E-state index is 12.3. The molecule has 1 aromatic carbocycles. The minimum absolute atomic E-state index is 0.0400. The molecule has 0 aliphatic carbocycles. The number of para-hydroxylation sites is 1. The molecule has 0 unspecified atom stereocenters. The molecule has 4 rings (SSSR count). The van der Waals surface area contributed by atoms with Crippen LogP contribution in [0.5, 0.6) is 0 Å². The summed E-state index contributed by atoms with van der Waals surface area (Å²) in [6.07, 6.45) is 5.24. The van der Waals surface area contributed by atoms with Gasteiger partial charge in [-0.1, -0.05) is 41.3 Å². The highest BCUT2D eigenvalue weighted by atomic mass is 32.2. The topological polar surface area (TPSA) is 71.0 Å². The van der Waals surface area contributed by atoms with E-state index in [1.807, 2.05) is 31.2 Å². The second kappa shape index (κ2) is 8.22. The normalized spacial score (nSPS) is 14.5. The van der Waals surface area contributed by atoms with Gasteiger partial charge in [0.15, 0.2) is 10.8 Å². The highest BCUT2D eigenvalue weighted by Gasteiger charge is 2.18. The number of carbonyl (C=O) groups excluding carboxylic acids is 1. The lowest BCUT2D eigenvalue weighted by molar-refractivity contribution is -0.113. The lowest BCUT2D eigenvalue weighted by atomic mass is 10.1. The number of piperidine rings is 1. The standard InChI is InChI=1S/C19H21N5OS2/c1-13-7-3-4-8-14(13)22-15(25)11-26-18-16-17(20-12-21-18)23-19(27-16)24-9-5-2-6-10-24/h3-4,7-8,12H,2,5-6,9-11H2,1H3,(H,22,25). The molecule has 1 aliphatic rings. The van der Waals surface area contributed by atoms with Gasteiger partial charge in [0.25, 0.3) is 0 Å². The van der Waals surface area contributed by atoms with E-state index < -0.39 is 0 Å². The fourth-order valence-electron chi connectivity index (χ4n) is 3.08. The Morgan fingerprint density at radius 2 is 2.04 bits per heavy atom. The molecule has 8 heteroatoms. The van der Waals surface area contributed by atoms with Crippen LogP contribution in [0.15, 0.2) is 35.6 Å². The summed E-state index contributed by atoms with van der Waals surface area (Å²) in [5, 5.41) is 4.79. The van der Waals surface area contributed by atoms with Crippen molar-refractivity contribution in [2.24, 2.45) is 0 Å². The molecule has 3 aromatic rings. The third-order valence-electron chi connectivity index (χ3n) is 4.53. The summed E-state index contributed by atoms with van der Waals surface area (Å²) < 4.78 is 0.965. The second-order valence-corrected chi connectivity index (χ2v) is 8.47. The number of fused-ring (bicyclic) bond motifs is 1. The zero-order valence-corrected chi connectivity index (χ0v) is 16.8. The second-order valence-electron chi connectivity index (χ2n) is 6.53. The molecule has 27 heavy (non-hydrogen) atoms. The summed E-state index contributed by atoms with van der Waals surface area (Å²) in [7, 11) is 0. The van der Waals surface area contributed by atoms with Crippen LogP contribution in [0.4, 0.5) is 10.8 Å². The van der Waals surface area contributed by atoms with E-state index in [1.165, 1.54) is 37.4 Å². The number of nitrogens with zero attached hydrogens (tertiary/aromatic N) is 4. The first kappa shape index (κ1) is 18.2. The van der Waals surface area contributed by atoms with Gasteiger partial charge in [0, 0.05) is 18.8 Å². The summed E-state index contributed by atoms with van der Waals surface area (Å²) in [5.74, 6) is 0.263. The molecule has 2 aromatic heterocycles. The third kappa shape index (κ3) is 4.22. The van der Waals surface area contributed by atoms with E-state index in [0.29, 0.717) is 5.75 Å². The highest BCUT2D eigenvalue weighted by molar-refractivity contribution is 8.00. The molecular weight excluding hydrogens is 378 g/mol. The molecule has 1 saturated heterocycles. The predicted octanol–water partition coefficient (Wildman–Crippen LogP) is 4.12. The average molecular weight is 400 g/mol. The van der Waals surface area contributed by atoms with Gasteiger partial charge in [0.2, 0.25) is 5.91 Å². The van der Waals surface area contributed by atoms with E-state index in [-0.39, 0.29) is 5.91 Å². The van der Waals surface area contributed by atoms with Crippen molar-refractivity contribution in [1.29, 1.82) is 0 Å². The average Bonchev–Trinajstić information content (AvgIpc) is 3.14. The van der Waals surface area contributed by atoms with Crippen LogP contribution < -0.4 is 10.2 Å². The molecule has 1 aliphatic heterocycles. The number of amides is 1. The van der Waals surface area contributed by atoms with E-state index in [0.717, 1.165) is 44.8 Å². The number of benzene rings is 1. The Morgan fingerprint density at radius 3 is 2.85 bits per heavy atom. The number of aromatic nitrogens is 3. The highest BCUT2D eigenvalue weighted by Crippen LogP contribution is 2.34. The fraction of sp³-hybridized carbons (Fsp3) is 0.368. The Balaban J connectivity index is 1.46. The summed E-state index contributed by atoms with van der Waals surface area (Å²) >= 11 is 3.06. The molecule has 140 valence electrons. The summed E-state index contributed by atoms with van der Waals surface area (Å²) in [6.45, 7) is 4.08. The minimum atomic E-state index is -0.0400. The molecule has 1 fully saturated rings. The molecule has 3 heterocycles. The van der Waals surface area contributed by atoms with Crippen molar-refractivity contribution in [1.82, 2.24) is 15.0 Å². The quantitative estimate of drug-likeness (QED) is 0.514. The Kier molecular flexibility index (Phi) is 5.54. The Morgan fingerprint density at radius 1 is 1.22 bits per heavy atom. The molecule has 0 atom stereocenters. The van der Waals surface area contributed by atoms with Gasteiger partial charge in [-0.2, -0.15) is 4.98 Å². The van der Waals surface area contributed by atoms with Crippen LogP contribution in [0.2, 0.25) is 0 Å². The van der Waals surface area contributed by atoms with Gasteiger partial charge in [-0.05, 0) is 37.8 Å². The molecule has 0 spiro atoms. The molecule has 0 radical (unpaired) electrons. The summed E-state index contributed by atoms with van der Waals surface area (Å²) in [6, 6.07) is 7.77. The monoisotopic (exact) mass is 399 g/mol. The van der Waals surface area contributed by atoms with Crippen molar-refractivity contribution < 1.29 is 4.79 Å². The summed E-state index contributed by atoms with van der Waals surface area (Å²) in [5.41, 5.74) is 2.62. The van der Waals surface area contributed by atoms with Gasteiger partial charge >= 0.3 is 0 Å². The van der Waals surface area contributed by atoms with Crippen LogP contribution >= 0.6 is 23.1 Å². The van der Waals surface area contributed by atoms with E-state index >= 15 is 0 Å². The SMILES string of the molecule is Cc1ccccc1NC(=O)CSc1ncnc2nc(N3CCCCC3)sc12. The van der Waals surface area contributed by atoms with Gasteiger partial charge < -0.3 is 10.2 Å². The predicted molar refractivity (Wildman–Crippen MR) is 112 cm³/mol. The van der Waals surface area contributed by atoms with E-state index in [9.17, 15) is 4.79 Å². The van der Waals surface area contributed by atoms with Gasteiger partial charge in [0.05, 0.1) is 5.75 Å². The van der Waals surface area contributed by atoms with Crippen molar-refractivity contribution in [3.05, 3.63) is 36.2 Å². The Hall–Kier alpha value is -2.19. The smallest absolute Gasteiger partial charge is 0.234 e. The van der Waals surface area contributed by atoms with Gasteiger partial charge in [-0.3, -0.25) is 4.79 Å². The molecule has 0 saturated carbocycles. The van der Waals surface area contributed by atoms with Crippen LogP contribution in [-0.4, -0.2) is 39.7 Å². The molecule has 1 N–H and O–H groups in total. The molecule has 0 bridgehead atoms. The molecule has 1 amide bonds. The number of nitrogens with one attached hydrogen (secondary N) is 1. The first-order chi connectivity index (χ1) is 13.2. The lowest BCUT2D eigenvalue weighted by Gasteiger charge is -2.25. The van der Waals surface area contributed by atoms with Crippen molar-refractivity contribution in [3.8, 4) is 0 Å². The summed E-state index contributed by atoms with van der Waals surface area (Å²) in [4.78, 5) is 28.0. The fourth-order valence-corrected chi connectivity index (χ4v) is 5.02. The number of hydrogen-bond donors (Lipinski definition) is 1. The minimum Gasteiger partial charge on any atom is -0.348 e. The van der Waals surface area contributed by atoms with Crippen LogP contribution in [0.25, 0.3) is 10.3 Å². The third-order valence-corrected chi connectivity index (χ3v) is 6.76. The van der Waals surface area contributed by atoms with E-state index in [4.69, 9.17) is 0 Å². The van der Waals surface area contributed by atoms with Crippen LogP contribution in [-0.2, 0) is 4.79 Å². The van der Waals surface area contributed by atoms with Crippen LogP contribution in [0, 0.1) is 6.92 Å². The van der Waals surface area contributed by atoms with Crippen molar-refractivity contribution in [2.45, 2.75) is 31.2 Å². The lowest BCUT2D eigenvalue weighted by Crippen LogP contribution is -2.29. The van der Waals surface area contributed by atoms with Gasteiger partial charge in [-0.25, -0.2) is 9.97 Å². The first-order valence-corrected chi connectivity index (χ1v) is 10.9. The van der Waals surface area contributed by atoms with Crippen molar-refractivity contribution in [2.75, 3.05) is 29.1 Å². The largest absolute Gasteiger partial charge is 0.348 e. The first-order valence-electron chi connectivity index (χ1n) is 9.05. The number of thiazole rings is 1.